The van der Waals surface area contributed by atoms with Crippen LogP contribution < -0.4 is 44.5 Å². The Bertz CT molecular complexity index is 6040. The average molecular weight is 1550 g/mol. The molecular weight excluding hydrogens is 1450 g/mol. The number of pyridine rings is 4. The molecule has 6 aromatic heterocycles. The van der Waals surface area contributed by atoms with E-state index < -0.39 is 29.0 Å². The molecule has 0 aliphatic heterocycles. The fourth-order valence-corrected chi connectivity index (χ4v) is 25.1. The van der Waals surface area contributed by atoms with Gasteiger partial charge < -0.3 is 0 Å². The maximum atomic E-state index is 16.7. The van der Waals surface area contributed by atoms with E-state index in [1.807, 2.05) is 24.3 Å². The summed E-state index contributed by atoms with van der Waals surface area (Å²) in [4.78, 5) is 129. The normalized spacial score (nSPS) is 13.1. The van der Waals surface area contributed by atoms with Crippen molar-refractivity contribution in [2.45, 2.75) is 285 Å². The van der Waals surface area contributed by atoms with Crippen molar-refractivity contribution in [3.63, 3.8) is 0 Å². The van der Waals surface area contributed by atoms with Crippen LogP contribution in [-0.4, -0.2) is 47.3 Å². The molecule has 0 unspecified atom stereocenters. The first-order valence-electron chi connectivity index (χ1n) is 41.2. The Kier molecular flexibility index (Phi) is 20.4. The Hall–Kier alpha value is -7.60. The fraction of sp³-hybridized carbons (Fsp3) is 0.478. The molecule has 10 aromatic carbocycles. The molecule has 12 nitrogen and oxygen atoms in total. The summed E-state index contributed by atoms with van der Waals surface area (Å²) in [6, 6.07) is 19.1. The summed E-state index contributed by atoms with van der Waals surface area (Å²) in [5.74, 6) is 0. The number of hydrogen-bond donors (Lipinski definition) is 0. The van der Waals surface area contributed by atoms with Gasteiger partial charge in [-0.15, -0.1) is 0 Å². The zero-order valence-electron chi connectivity index (χ0n) is 63.6. The number of hydrogen-bond acceptors (Lipinski definition) is 8. The van der Waals surface area contributed by atoms with E-state index in [-0.39, 0.29) is 68.6 Å². The number of benzene rings is 10. The van der Waals surface area contributed by atoms with Gasteiger partial charge in [0.1, 0.15) is 0 Å². The Balaban J connectivity index is 1.12. The van der Waals surface area contributed by atoms with Crippen molar-refractivity contribution in [2.75, 3.05) is 0 Å². The molecule has 0 aliphatic rings. The standard InChI is InChI=1S/C92H102N4O8Se2/c1-9-17-25-33-51(34-26-18-10-2)93-85(97)57-43-41-55-71-59(45-61-75-65(91(103)95(87(61)99)53(37-29-21-13-5)38-30-22-14-6)49-69-81(83(71)75)79-67(105-69)47-63(89(93)101)73(57)77(55)79)60-46-62-76-66(92(104)96(88(62)100)54(39-31-23-15-7)40-32-24-16-8)50-70-82-80-68(106-70)48-64-74-58(44-42-56(78(74)80)72(60)84(76)82)86(98)94(90(64)102)52(35-27-19-11-3)36-28-20-12-4/h41-54H,9-40H2,1-8H3. The van der Waals surface area contributed by atoms with Gasteiger partial charge in [0.15, 0.2) is 0 Å². The average Bonchev–Trinajstić information content (AvgIpc) is 1.42. The van der Waals surface area contributed by atoms with Crippen LogP contribution in [0.25, 0.3) is 157 Å². The van der Waals surface area contributed by atoms with E-state index in [0.29, 0.717) is 101 Å². The fourth-order valence-electron chi connectivity index (χ4n) is 20.0. The minimum absolute atomic E-state index is 0.269. The second-order valence-electron chi connectivity index (χ2n) is 31.9. The molecule has 0 bridgehead atoms. The molecule has 16 aromatic rings. The first-order chi connectivity index (χ1) is 51.7. The number of unbranched alkanes of at least 4 members (excludes halogenated alkanes) is 16. The predicted molar refractivity (Wildman–Crippen MR) is 452 cm³/mol. The Morgan fingerprint density at radius 3 is 0.651 bits per heavy atom. The van der Waals surface area contributed by atoms with Crippen LogP contribution >= 0.6 is 0 Å². The van der Waals surface area contributed by atoms with Crippen LogP contribution in [0.4, 0.5) is 0 Å². The first-order valence-corrected chi connectivity index (χ1v) is 44.7. The van der Waals surface area contributed by atoms with Gasteiger partial charge in [0.25, 0.3) is 0 Å². The van der Waals surface area contributed by atoms with Crippen LogP contribution in [0.3, 0.4) is 0 Å². The third-order valence-electron chi connectivity index (χ3n) is 25.2. The summed E-state index contributed by atoms with van der Waals surface area (Å²) >= 11 is -0.850. The molecule has 0 atom stereocenters. The van der Waals surface area contributed by atoms with Crippen LogP contribution in [0, 0.1) is 0 Å². The van der Waals surface area contributed by atoms with E-state index in [1.165, 1.54) is 0 Å². The minimum atomic E-state index is -0.425. The van der Waals surface area contributed by atoms with Crippen molar-refractivity contribution in [3.05, 3.63) is 143 Å². The molecule has 16 rings (SSSR count). The molecule has 0 spiro atoms. The van der Waals surface area contributed by atoms with E-state index in [4.69, 9.17) is 0 Å². The summed E-state index contributed by atoms with van der Waals surface area (Å²) in [6.45, 7) is 17.4. The summed E-state index contributed by atoms with van der Waals surface area (Å²) in [5.41, 5.74) is -1.06. The van der Waals surface area contributed by atoms with E-state index in [0.717, 1.165) is 261 Å². The van der Waals surface area contributed by atoms with Gasteiger partial charge in [-0.2, -0.15) is 0 Å². The molecule has 0 saturated heterocycles. The van der Waals surface area contributed by atoms with Gasteiger partial charge in [0.2, 0.25) is 0 Å². The van der Waals surface area contributed by atoms with Crippen LogP contribution in [0.15, 0.2) is 99.0 Å². The van der Waals surface area contributed by atoms with Gasteiger partial charge in [0.05, 0.1) is 0 Å². The molecule has 0 saturated carbocycles. The molecule has 0 aliphatic carbocycles. The molecule has 0 N–H and O–H groups in total. The molecule has 106 heavy (non-hydrogen) atoms. The Morgan fingerprint density at radius 2 is 0.415 bits per heavy atom. The third-order valence-corrected chi connectivity index (χ3v) is 29.7. The maximum absolute atomic E-state index is 16.7. The van der Waals surface area contributed by atoms with Gasteiger partial charge in [-0.1, -0.05) is 0 Å². The molecule has 550 valence electrons. The van der Waals surface area contributed by atoms with E-state index in [2.05, 4.69) is 91.8 Å². The van der Waals surface area contributed by atoms with Crippen LogP contribution in [0.1, 0.15) is 285 Å². The van der Waals surface area contributed by atoms with E-state index in [1.54, 1.807) is 18.3 Å². The summed E-state index contributed by atoms with van der Waals surface area (Å²) in [6.07, 6.45) is 28.6. The van der Waals surface area contributed by atoms with Crippen LogP contribution in [-0.2, 0) is 0 Å². The van der Waals surface area contributed by atoms with Crippen molar-refractivity contribution in [2.24, 2.45) is 0 Å². The number of fused-ring (bicyclic) bond motifs is 2. The Labute approximate surface area is 628 Å². The Morgan fingerprint density at radius 1 is 0.217 bits per heavy atom. The molecule has 6 heterocycles. The van der Waals surface area contributed by atoms with Crippen molar-refractivity contribution in [3.8, 4) is 11.1 Å². The number of aromatic nitrogens is 4. The van der Waals surface area contributed by atoms with Crippen LogP contribution in [0.5, 0.6) is 0 Å². The van der Waals surface area contributed by atoms with E-state index >= 15 is 38.4 Å². The van der Waals surface area contributed by atoms with Gasteiger partial charge >= 0.3 is 633 Å². The van der Waals surface area contributed by atoms with Gasteiger partial charge in [0, 0.05) is 0 Å². The summed E-state index contributed by atoms with van der Waals surface area (Å²) in [7, 11) is 0. The molecule has 0 amide bonds. The molecular formula is C92H102N4O8Se2. The second kappa shape index (κ2) is 29.8. The monoisotopic (exact) mass is 1550 g/mol. The molecule has 14 heteroatoms. The van der Waals surface area contributed by atoms with Gasteiger partial charge in [-0.25, -0.2) is 0 Å². The summed E-state index contributed by atoms with van der Waals surface area (Å²) < 4.78 is 10.4. The quantitative estimate of drug-likeness (QED) is 0.0161. The van der Waals surface area contributed by atoms with Crippen molar-refractivity contribution < 1.29 is 0 Å². The van der Waals surface area contributed by atoms with Crippen LogP contribution in [0.2, 0.25) is 0 Å². The predicted octanol–water partition coefficient (Wildman–Crippen LogP) is 22.0. The van der Waals surface area contributed by atoms with E-state index in [9.17, 15) is 0 Å². The van der Waals surface area contributed by atoms with Gasteiger partial charge in [-0.05, 0) is 0 Å². The van der Waals surface area contributed by atoms with Crippen molar-refractivity contribution in [1.82, 2.24) is 18.3 Å². The second-order valence-corrected chi connectivity index (χ2v) is 36.5. The van der Waals surface area contributed by atoms with Crippen molar-refractivity contribution in [1.29, 1.82) is 0 Å². The molecule has 0 radical (unpaired) electrons. The van der Waals surface area contributed by atoms with Crippen molar-refractivity contribution >= 4 is 175 Å². The SMILES string of the molecule is CCCCCC(CCCCC)n1c(=O)c2ccc3c4c(-c5cc6c(=O)n(C(CCCCC)CCCCC)c(=O)c7cc8[se]c9cc%10c(=O)n(C(CCCCC)CCCCC)c(=O)c%11ccc%12c5c(c67)c8c9c%12c%11%10)cc5c(=O)n(C(CCCCC)CCCCC)c(=O)c6cc7[se]c8cc(c1=O)c2c3c8c7c4c56. The first kappa shape index (κ1) is 72.6. The zero-order chi connectivity index (χ0) is 73.7. The zero-order valence-corrected chi connectivity index (χ0v) is 67.0. The van der Waals surface area contributed by atoms with Gasteiger partial charge in [-0.3, -0.25) is 0 Å². The number of nitrogens with zero attached hydrogens (tertiary/aromatic N) is 4. The topological polar surface area (TPSA) is 156 Å². The summed E-state index contributed by atoms with van der Waals surface area (Å²) in [5, 5.41) is 16.3. The third kappa shape index (κ3) is 11.3. The number of rotatable bonds is 37. The molecule has 0 fully saturated rings.